The molecule has 1 fully saturated rings. The fourth-order valence-electron chi connectivity index (χ4n) is 1.68. The first-order valence-corrected chi connectivity index (χ1v) is 6.22. The molecule has 0 spiro atoms. The molecule has 2 rings (SSSR count). The number of rotatable bonds is 2. The highest BCUT2D eigenvalue weighted by atomic mass is 79.9. The minimum Gasteiger partial charge on any atom is -0.380 e. The number of nitrogens with one attached hydrogen (secondary N) is 1. The third-order valence-corrected chi connectivity index (χ3v) is 3.68. The van der Waals surface area contributed by atoms with Gasteiger partial charge in [0.25, 0.3) is 0 Å². The van der Waals surface area contributed by atoms with Crippen LogP contribution in [0.15, 0.2) is 22.7 Å². The van der Waals surface area contributed by atoms with E-state index >= 15 is 0 Å². The van der Waals surface area contributed by atoms with Crippen molar-refractivity contribution in [1.82, 2.24) is 0 Å². The first-order valence-electron chi connectivity index (χ1n) is 5.05. The molecular weight excluding hydrogens is 277 g/mol. The van der Waals surface area contributed by atoms with Gasteiger partial charge in [0, 0.05) is 22.8 Å². The van der Waals surface area contributed by atoms with Crippen LogP contribution >= 0.6 is 27.5 Å². The Bertz CT molecular complexity index is 339. The van der Waals surface area contributed by atoms with Crippen LogP contribution in [0.4, 0.5) is 5.69 Å². The summed E-state index contributed by atoms with van der Waals surface area (Å²) in [5, 5.41) is 4.15. The third kappa shape index (κ3) is 3.10. The van der Waals surface area contributed by atoms with Crippen LogP contribution < -0.4 is 5.32 Å². The molecule has 0 amide bonds. The summed E-state index contributed by atoms with van der Waals surface area (Å²) in [6.07, 6.45) is 2.29. The fourth-order valence-corrected chi connectivity index (χ4v) is 2.10. The van der Waals surface area contributed by atoms with E-state index < -0.39 is 0 Å². The van der Waals surface area contributed by atoms with Crippen LogP contribution in [-0.4, -0.2) is 19.3 Å². The van der Waals surface area contributed by atoms with E-state index in [1.807, 2.05) is 18.2 Å². The zero-order chi connectivity index (χ0) is 10.7. The predicted octanol–water partition coefficient (Wildman–Crippen LogP) is 3.69. The molecule has 1 unspecified atom stereocenters. The molecule has 0 saturated carbocycles. The highest BCUT2D eigenvalue weighted by Crippen LogP contribution is 2.26. The van der Waals surface area contributed by atoms with Crippen LogP contribution in [-0.2, 0) is 4.74 Å². The Morgan fingerprint density at radius 3 is 3.00 bits per heavy atom. The van der Waals surface area contributed by atoms with Crippen LogP contribution in [0, 0.1) is 0 Å². The Balaban J connectivity index is 2.00. The molecule has 15 heavy (non-hydrogen) atoms. The molecule has 1 aliphatic rings. The average molecular weight is 291 g/mol. The van der Waals surface area contributed by atoms with E-state index in [4.69, 9.17) is 16.3 Å². The number of anilines is 1. The van der Waals surface area contributed by atoms with Crippen molar-refractivity contribution in [3.05, 3.63) is 27.7 Å². The highest BCUT2D eigenvalue weighted by molar-refractivity contribution is 9.10. The summed E-state index contributed by atoms with van der Waals surface area (Å²) >= 11 is 9.38. The number of benzene rings is 1. The van der Waals surface area contributed by atoms with Crippen molar-refractivity contribution in [2.45, 2.75) is 18.9 Å². The van der Waals surface area contributed by atoms with Gasteiger partial charge in [-0.1, -0.05) is 11.6 Å². The second-order valence-electron chi connectivity index (χ2n) is 3.69. The molecule has 82 valence electrons. The summed E-state index contributed by atoms with van der Waals surface area (Å²) in [4.78, 5) is 0. The SMILES string of the molecule is Clc1cc(NC2CCCOC2)ccc1Br. The van der Waals surface area contributed by atoms with E-state index in [0.717, 1.165) is 41.2 Å². The molecule has 1 aromatic rings. The second-order valence-corrected chi connectivity index (χ2v) is 4.95. The Hall–Kier alpha value is -0.250. The molecule has 1 N–H and O–H groups in total. The monoisotopic (exact) mass is 289 g/mol. The lowest BCUT2D eigenvalue weighted by atomic mass is 10.1. The summed E-state index contributed by atoms with van der Waals surface area (Å²) in [7, 11) is 0. The van der Waals surface area contributed by atoms with Gasteiger partial charge in [-0.2, -0.15) is 0 Å². The van der Waals surface area contributed by atoms with Crippen molar-refractivity contribution in [1.29, 1.82) is 0 Å². The summed E-state index contributed by atoms with van der Waals surface area (Å²) < 4.78 is 6.33. The van der Waals surface area contributed by atoms with E-state index in [9.17, 15) is 0 Å². The molecule has 2 nitrogen and oxygen atoms in total. The zero-order valence-corrected chi connectivity index (χ0v) is 10.6. The van der Waals surface area contributed by atoms with Crippen molar-refractivity contribution in [3.63, 3.8) is 0 Å². The van der Waals surface area contributed by atoms with Crippen LogP contribution in [0.25, 0.3) is 0 Å². The van der Waals surface area contributed by atoms with Crippen LogP contribution in [0.5, 0.6) is 0 Å². The maximum absolute atomic E-state index is 6.01. The van der Waals surface area contributed by atoms with E-state index in [1.54, 1.807) is 0 Å². The summed E-state index contributed by atoms with van der Waals surface area (Å²) in [6, 6.07) is 6.31. The summed E-state index contributed by atoms with van der Waals surface area (Å²) in [6.45, 7) is 1.67. The van der Waals surface area contributed by atoms with E-state index in [0.29, 0.717) is 6.04 Å². The van der Waals surface area contributed by atoms with Gasteiger partial charge >= 0.3 is 0 Å². The minimum absolute atomic E-state index is 0.413. The van der Waals surface area contributed by atoms with Crippen LogP contribution in [0.3, 0.4) is 0 Å². The zero-order valence-electron chi connectivity index (χ0n) is 8.30. The Morgan fingerprint density at radius 1 is 1.47 bits per heavy atom. The number of hydrogen-bond donors (Lipinski definition) is 1. The molecule has 1 aliphatic heterocycles. The Morgan fingerprint density at radius 2 is 2.33 bits per heavy atom. The number of ether oxygens (including phenoxy) is 1. The minimum atomic E-state index is 0.413. The van der Waals surface area contributed by atoms with Crippen molar-refractivity contribution >= 4 is 33.2 Å². The lowest BCUT2D eigenvalue weighted by Gasteiger charge is -2.24. The number of halogens is 2. The maximum atomic E-state index is 6.01. The Kier molecular flexibility index (Phi) is 3.89. The second kappa shape index (κ2) is 5.19. The summed E-state index contributed by atoms with van der Waals surface area (Å²) in [5.41, 5.74) is 1.05. The molecule has 0 aliphatic carbocycles. The lowest BCUT2D eigenvalue weighted by Crippen LogP contribution is -2.29. The first-order chi connectivity index (χ1) is 7.25. The van der Waals surface area contributed by atoms with Gasteiger partial charge in [0.2, 0.25) is 0 Å². The van der Waals surface area contributed by atoms with E-state index in [-0.39, 0.29) is 0 Å². The quantitative estimate of drug-likeness (QED) is 0.897. The van der Waals surface area contributed by atoms with Crippen molar-refractivity contribution < 1.29 is 4.74 Å². The number of hydrogen-bond acceptors (Lipinski definition) is 2. The van der Waals surface area contributed by atoms with Crippen LogP contribution in [0.2, 0.25) is 5.02 Å². The largest absolute Gasteiger partial charge is 0.380 e. The maximum Gasteiger partial charge on any atom is 0.0667 e. The molecule has 0 bridgehead atoms. The van der Waals surface area contributed by atoms with E-state index in [1.165, 1.54) is 0 Å². The van der Waals surface area contributed by atoms with Gasteiger partial charge in [-0.25, -0.2) is 0 Å². The van der Waals surface area contributed by atoms with Gasteiger partial charge < -0.3 is 10.1 Å². The average Bonchev–Trinajstić information content (AvgIpc) is 2.25. The third-order valence-electron chi connectivity index (χ3n) is 2.45. The van der Waals surface area contributed by atoms with Gasteiger partial charge in [0.1, 0.15) is 0 Å². The molecule has 1 saturated heterocycles. The molecule has 1 aromatic carbocycles. The van der Waals surface area contributed by atoms with Crippen LogP contribution in [0.1, 0.15) is 12.8 Å². The van der Waals surface area contributed by atoms with Gasteiger partial charge in [-0.05, 0) is 47.0 Å². The Labute approximate surface area is 103 Å². The van der Waals surface area contributed by atoms with Gasteiger partial charge in [0.05, 0.1) is 11.6 Å². The topological polar surface area (TPSA) is 21.3 Å². The smallest absolute Gasteiger partial charge is 0.0667 e. The van der Waals surface area contributed by atoms with Crippen molar-refractivity contribution in [2.75, 3.05) is 18.5 Å². The molecule has 1 heterocycles. The molecular formula is C11H13BrClNO. The normalized spacial score (nSPS) is 21.3. The van der Waals surface area contributed by atoms with Gasteiger partial charge in [-0.3, -0.25) is 0 Å². The molecule has 4 heteroatoms. The molecule has 1 atom stereocenters. The summed E-state index contributed by atoms with van der Waals surface area (Å²) in [5.74, 6) is 0. The standard InChI is InChI=1S/C11H13BrClNO/c12-10-4-3-8(6-11(10)13)14-9-2-1-5-15-7-9/h3-4,6,9,14H,1-2,5,7H2. The first kappa shape index (κ1) is 11.2. The molecule has 0 radical (unpaired) electrons. The fraction of sp³-hybridized carbons (Fsp3) is 0.455. The predicted molar refractivity (Wildman–Crippen MR) is 66.6 cm³/mol. The van der Waals surface area contributed by atoms with Gasteiger partial charge in [0.15, 0.2) is 0 Å². The molecule has 0 aromatic heterocycles. The highest BCUT2D eigenvalue weighted by Gasteiger charge is 2.13. The van der Waals surface area contributed by atoms with E-state index in [2.05, 4.69) is 21.2 Å². The van der Waals surface area contributed by atoms with Crippen molar-refractivity contribution in [2.24, 2.45) is 0 Å². The van der Waals surface area contributed by atoms with Gasteiger partial charge in [-0.15, -0.1) is 0 Å². The van der Waals surface area contributed by atoms with Crippen molar-refractivity contribution in [3.8, 4) is 0 Å². The lowest BCUT2D eigenvalue weighted by molar-refractivity contribution is 0.0876.